The van der Waals surface area contributed by atoms with Crippen molar-refractivity contribution in [3.8, 4) is 0 Å². The van der Waals surface area contributed by atoms with Crippen molar-refractivity contribution >= 4 is 44.0 Å². The van der Waals surface area contributed by atoms with Crippen LogP contribution < -0.4 is 4.90 Å². The second kappa shape index (κ2) is 15.5. The lowest BCUT2D eigenvalue weighted by molar-refractivity contribution is -0.138. The summed E-state index contributed by atoms with van der Waals surface area (Å²) < 4.78 is 74.2. The van der Waals surface area contributed by atoms with E-state index in [0.29, 0.717) is 55.3 Å². The summed E-state index contributed by atoms with van der Waals surface area (Å²) in [6.07, 6.45) is -2.19. The lowest BCUT2D eigenvalue weighted by atomic mass is 9.95. The summed E-state index contributed by atoms with van der Waals surface area (Å²) in [7, 11) is -4.65. The summed E-state index contributed by atoms with van der Waals surface area (Å²) in [5.41, 5.74) is -0.235. The number of benzene rings is 3. The number of hydrogen-bond donors (Lipinski definition) is 1. The van der Waals surface area contributed by atoms with Gasteiger partial charge in [-0.05, 0) is 68.0 Å². The van der Waals surface area contributed by atoms with Crippen molar-refractivity contribution < 1.29 is 45.3 Å². The predicted octanol–water partition coefficient (Wildman–Crippen LogP) is 5.91. The van der Waals surface area contributed by atoms with Crippen LogP contribution in [0.25, 0.3) is 10.8 Å². The highest BCUT2D eigenvalue weighted by atomic mass is 32.2. The largest absolute Gasteiger partial charge is 0.461 e. The van der Waals surface area contributed by atoms with Crippen molar-refractivity contribution in [2.45, 2.75) is 43.7 Å². The van der Waals surface area contributed by atoms with E-state index in [0.717, 1.165) is 23.9 Å². The fraction of sp³-hybridized carbons (Fsp3) is 0.323. The third-order valence-electron chi connectivity index (χ3n) is 6.69. The number of likely N-dealkylation sites (N-methyl/N-ethyl adjacent to an activating group) is 1. The number of unbranched alkanes of at least 4 members (excludes halogenated alkanes) is 2. The Kier molecular flexibility index (Phi) is 12.1. The molecule has 3 aromatic carbocycles. The quantitative estimate of drug-likeness (QED) is 0.0515. The first kappa shape index (κ1) is 34.3. The molecule has 0 amide bonds. The molecule has 0 aliphatic rings. The number of rotatable bonds is 16. The van der Waals surface area contributed by atoms with Crippen LogP contribution in [0.15, 0.2) is 83.4 Å². The Bertz CT molecular complexity index is 1600. The van der Waals surface area contributed by atoms with E-state index in [4.69, 9.17) is 14.1 Å². The Balaban J connectivity index is 1.95. The Hall–Kier alpha value is -4.23. The number of oxime groups is 1. The average molecular weight is 635 g/mol. The van der Waals surface area contributed by atoms with Gasteiger partial charge in [0.25, 0.3) is 0 Å². The molecule has 0 aliphatic carbocycles. The maximum atomic E-state index is 13.8. The molecular weight excluding hydrogens is 601 g/mol. The van der Waals surface area contributed by atoms with Crippen molar-refractivity contribution in [1.29, 1.82) is 0 Å². The number of aliphatic hydroxyl groups excluding tert-OH is 1. The second-order valence-corrected chi connectivity index (χ2v) is 11.1. The Morgan fingerprint density at radius 1 is 1.00 bits per heavy atom. The number of esters is 1. The molecule has 0 unspecified atom stereocenters. The molecule has 3 aromatic rings. The van der Waals surface area contributed by atoms with E-state index in [1.165, 1.54) is 0 Å². The molecule has 3 rings (SSSR count). The van der Waals surface area contributed by atoms with Crippen molar-refractivity contribution in [2.75, 3.05) is 31.2 Å². The molecule has 0 atom stereocenters. The molecule has 0 heterocycles. The molecule has 13 heteroatoms. The van der Waals surface area contributed by atoms with Gasteiger partial charge in [-0.3, -0.25) is 9.08 Å². The summed E-state index contributed by atoms with van der Waals surface area (Å²) in [5.74, 6) is -1.14. The number of fused-ring (bicyclic) bond motifs is 1. The van der Waals surface area contributed by atoms with Gasteiger partial charge in [0.15, 0.2) is 0 Å². The van der Waals surface area contributed by atoms with Crippen LogP contribution in [-0.4, -0.2) is 57.3 Å². The Morgan fingerprint density at radius 2 is 1.68 bits per heavy atom. The summed E-state index contributed by atoms with van der Waals surface area (Å²) in [5, 5.41) is 14.1. The predicted molar refractivity (Wildman–Crippen MR) is 160 cm³/mol. The number of ether oxygens (including phenoxy) is 1. The number of carbonyl (C=O) groups is 2. The number of ketones is 1. The van der Waals surface area contributed by atoms with Gasteiger partial charge in [0, 0.05) is 35.9 Å². The van der Waals surface area contributed by atoms with Gasteiger partial charge < -0.3 is 14.7 Å². The third-order valence-corrected chi connectivity index (χ3v) is 7.81. The molecule has 44 heavy (non-hydrogen) atoms. The van der Waals surface area contributed by atoms with E-state index < -0.39 is 38.5 Å². The van der Waals surface area contributed by atoms with Crippen LogP contribution in [0.4, 0.5) is 18.9 Å². The first-order chi connectivity index (χ1) is 20.9. The first-order valence-corrected chi connectivity index (χ1v) is 15.2. The molecule has 1 N–H and O–H groups in total. The van der Waals surface area contributed by atoms with Crippen LogP contribution in [0.5, 0.6) is 0 Å². The van der Waals surface area contributed by atoms with Gasteiger partial charge in [0.2, 0.25) is 5.78 Å². The van der Waals surface area contributed by atoms with Crippen molar-refractivity contribution in [1.82, 2.24) is 0 Å². The number of nitrogens with zero attached hydrogens (tertiary/aromatic N) is 2. The fourth-order valence-corrected chi connectivity index (χ4v) is 5.15. The number of carbonyl (C=O) groups excluding carboxylic acids is 2. The number of halogens is 3. The lowest BCUT2D eigenvalue weighted by Crippen LogP contribution is -2.28. The molecule has 0 fully saturated rings. The zero-order valence-corrected chi connectivity index (χ0v) is 24.9. The van der Waals surface area contributed by atoms with Gasteiger partial charge in [-0.25, -0.2) is 4.79 Å². The highest BCUT2D eigenvalue weighted by molar-refractivity contribution is 7.86. The zero-order chi connectivity index (χ0) is 32.3. The van der Waals surface area contributed by atoms with Crippen LogP contribution in [0, 0.1) is 0 Å². The highest BCUT2D eigenvalue weighted by Crippen LogP contribution is 2.32. The Labute approximate surface area is 253 Å². The molecule has 0 aromatic heterocycles. The minimum atomic E-state index is -4.65. The maximum absolute atomic E-state index is 13.8. The summed E-state index contributed by atoms with van der Waals surface area (Å²) in [4.78, 5) is 26.7. The van der Waals surface area contributed by atoms with Crippen LogP contribution in [0.1, 0.15) is 48.5 Å². The lowest BCUT2D eigenvalue weighted by Gasteiger charge is -2.25. The second-order valence-electron chi connectivity index (χ2n) is 9.58. The number of aliphatic hydroxyl groups is 1. The topological polar surface area (TPSA) is 123 Å². The normalized spacial score (nSPS) is 12.2. The van der Waals surface area contributed by atoms with E-state index in [9.17, 15) is 31.2 Å². The van der Waals surface area contributed by atoms with E-state index in [1.807, 2.05) is 17.9 Å². The van der Waals surface area contributed by atoms with Crippen LogP contribution in [0.3, 0.4) is 0 Å². The van der Waals surface area contributed by atoms with Crippen molar-refractivity contribution in [2.24, 2.45) is 5.16 Å². The van der Waals surface area contributed by atoms with Crippen LogP contribution >= 0.6 is 0 Å². The van der Waals surface area contributed by atoms with E-state index in [-0.39, 0.29) is 30.9 Å². The van der Waals surface area contributed by atoms with E-state index in [2.05, 4.69) is 11.7 Å². The standard InChI is InChI=1S/C31H33F3N2O7S/c1-3-29(38)42-21-19-36(4-2)28-18-17-26(24-10-7-8-11-25(24)28)30(39)27(12-6-5-9-20-37)35-43-44(40,41)23-15-13-22(14-16-23)31(32,33)34/h3,7-8,10-11,13-18,37H,1,4-6,9,12,19-21H2,2H3/b35-27+. The smallest absolute Gasteiger partial charge is 0.416 e. The molecule has 0 bridgehead atoms. The number of hydrogen-bond acceptors (Lipinski definition) is 9. The van der Waals surface area contributed by atoms with E-state index in [1.54, 1.807) is 30.3 Å². The number of alkyl halides is 3. The summed E-state index contributed by atoms with van der Waals surface area (Å²) in [6, 6.07) is 13.1. The molecule has 0 radical (unpaired) electrons. The Morgan fingerprint density at radius 3 is 2.30 bits per heavy atom. The van der Waals surface area contributed by atoms with Crippen LogP contribution in [0.2, 0.25) is 0 Å². The molecule has 0 saturated carbocycles. The van der Waals surface area contributed by atoms with Gasteiger partial charge in [-0.1, -0.05) is 42.4 Å². The van der Waals surface area contributed by atoms with Crippen molar-refractivity contribution in [3.63, 3.8) is 0 Å². The van der Waals surface area contributed by atoms with Gasteiger partial charge in [0.05, 0.1) is 12.1 Å². The summed E-state index contributed by atoms with van der Waals surface area (Å²) >= 11 is 0. The minimum Gasteiger partial charge on any atom is -0.461 e. The molecule has 236 valence electrons. The highest BCUT2D eigenvalue weighted by Gasteiger charge is 2.31. The van der Waals surface area contributed by atoms with Gasteiger partial charge in [0.1, 0.15) is 17.2 Å². The minimum absolute atomic E-state index is 0.0210. The first-order valence-electron chi connectivity index (χ1n) is 13.8. The third kappa shape index (κ3) is 8.89. The number of anilines is 1. The van der Waals surface area contributed by atoms with Crippen LogP contribution in [-0.2, 0) is 30.1 Å². The molecule has 0 aliphatic heterocycles. The zero-order valence-electron chi connectivity index (χ0n) is 24.0. The van der Waals surface area contributed by atoms with Crippen molar-refractivity contribution in [3.05, 3.63) is 84.4 Å². The summed E-state index contributed by atoms with van der Waals surface area (Å²) in [6.45, 7) is 6.30. The maximum Gasteiger partial charge on any atom is 0.416 e. The fourth-order valence-electron chi connectivity index (χ4n) is 4.41. The van der Waals surface area contributed by atoms with Gasteiger partial charge in [-0.2, -0.15) is 21.6 Å². The monoisotopic (exact) mass is 634 g/mol. The van der Waals surface area contributed by atoms with Gasteiger partial charge in [-0.15, -0.1) is 0 Å². The SMILES string of the molecule is C=CC(=O)OCCN(CC)c1ccc(C(=O)/C(CCCCCO)=N/OS(=O)(=O)c2ccc(C(F)(F)F)cc2)c2ccccc12. The molecule has 0 spiro atoms. The molecule has 0 saturated heterocycles. The average Bonchev–Trinajstić information content (AvgIpc) is 3.01. The van der Waals surface area contributed by atoms with Gasteiger partial charge >= 0.3 is 22.3 Å². The number of Topliss-reactive ketones (excluding diaryl/α,β-unsaturated/α-hetero) is 1. The van der Waals surface area contributed by atoms with E-state index >= 15 is 0 Å². The molecule has 9 nitrogen and oxygen atoms in total. The molecular formula is C31H33F3N2O7S.